The molecule has 1 saturated carbocycles. The van der Waals surface area contributed by atoms with Gasteiger partial charge in [0, 0.05) is 35.1 Å². The first-order valence-electron chi connectivity index (χ1n) is 12.2. The van der Waals surface area contributed by atoms with E-state index in [0.29, 0.717) is 46.0 Å². The maximum absolute atomic E-state index is 13.4. The van der Waals surface area contributed by atoms with Gasteiger partial charge in [0.1, 0.15) is 18.1 Å². The van der Waals surface area contributed by atoms with E-state index in [-0.39, 0.29) is 23.0 Å². The highest BCUT2D eigenvalue weighted by Crippen LogP contribution is 2.33. The third kappa shape index (κ3) is 7.10. The van der Waals surface area contributed by atoms with Gasteiger partial charge in [0.05, 0.1) is 12.7 Å². The van der Waals surface area contributed by atoms with Crippen LogP contribution in [0.25, 0.3) is 5.57 Å². The molecule has 0 aliphatic heterocycles. The van der Waals surface area contributed by atoms with Gasteiger partial charge in [0.25, 0.3) is 0 Å². The fourth-order valence-electron chi connectivity index (χ4n) is 4.35. The lowest BCUT2D eigenvalue weighted by Crippen LogP contribution is -2.41. The van der Waals surface area contributed by atoms with Gasteiger partial charge in [-0.1, -0.05) is 30.9 Å². The highest BCUT2D eigenvalue weighted by molar-refractivity contribution is 6.31. The topological polar surface area (TPSA) is 113 Å². The van der Waals surface area contributed by atoms with Crippen LogP contribution in [0.1, 0.15) is 58.9 Å². The summed E-state index contributed by atoms with van der Waals surface area (Å²) in [6.45, 7) is 1.43. The summed E-state index contributed by atoms with van der Waals surface area (Å²) in [5.41, 5.74) is 1.78. The van der Waals surface area contributed by atoms with Gasteiger partial charge in [-0.15, -0.1) is 0 Å². The Morgan fingerprint density at radius 1 is 1.16 bits per heavy atom. The zero-order valence-corrected chi connectivity index (χ0v) is 22.3. The standard InChI is InChI=1S/C29H31ClN2O6/c1-18(34)23-12-9-21(30)16-25(23)24(13-14-33)27(38-3)17-32(2)26(15-19-5-4-6-19)28(35)31-22-10-7-20(8-11-22)29(36)37/h7-14,16-17,19,26H,4-6,15H2,1-3H3,(H,31,35)(H,36,37)/b24-13-,27-17+. The molecule has 1 unspecified atom stereocenters. The molecule has 8 nitrogen and oxygen atoms in total. The second-order valence-corrected chi connectivity index (χ2v) is 9.68. The molecule has 0 saturated heterocycles. The molecule has 0 aromatic heterocycles. The van der Waals surface area contributed by atoms with Crippen molar-refractivity contribution in [1.82, 2.24) is 4.90 Å². The number of anilines is 1. The SMILES string of the molecule is COC(=C/N(C)C(CC1CCC1)C(=O)Nc1ccc(C(=O)O)cc1)/C(=C\C=O)c1cc(Cl)ccc1C(C)=O. The van der Waals surface area contributed by atoms with Crippen molar-refractivity contribution in [1.29, 1.82) is 0 Å². The summed E-state index contributed by atoms with van der Waals surface area (Å²) in [5, 5.41) is 12.4. The summed E-state index contributed by atoms with van der Waals surface area (Å²) in [4.78, 5) is 50.1. The molecule has 1 amide bonds. The molecule has 1 atom stereocenters. The Hall–Kier alpha value is -3.91. The smallest absolute Gasteiger partial charge is 0.335 e. The van der Waals surface area contributed by atoms with Crippen molar-refractivity contribution in [2.75, 3.05) is 19.5 Å². The molecule has 2 aromatic rings. The largest absolute Gasteiger partial charge is 0.495 e. The highest BCUT2D eigenvalue weighted by atomic mass is 35.5. The Balaban J connectivity index is 1.95. The summed E-state index contributed by atoms with van der Waals surface area (Å²) in [6, 6.07) is 10.2. The number of aldehydes is 1. The first-order valence-corrected chi connectivity index (χ1v) is 12.6. The molecule has 0 radical (unpaired) electrons. The normalized spacial score (nSPS) is 14.7. The van der Waals surface area contributed by atoms with Crippen molar-refractivity contribution in [3.8, 4) is 0 Å². The molecule has 9 heteroatoms. The van der Waals surface area contributed by atoms with E-state index in [1.807, 2.05) is 0 Å². The average Bonchev–Trinajstić information content (AvgIpc) is 2.85. The van der Waals surface area contributed by atoms with Crippen molar-refractivity contribution < 1.29 is 29.0 Å². The molecule has 1 aliphatic carbocycles. The first kappa shape index (κ1) is 28.7. The summed E-state index contributed by atoms with van der Waals surface area (Å²) < 4.78 is 5.64. The van der Waals surface area contributed by atoms with Gasteiger partial charge in [-0.25, -0.2) is 4.79 Å². The number of Topliss-reactive ketones (excluding diaryl/α,β-unsaturated/α-hetero) is 1. The second kappa shape index (κ2) is 13.1. The number of allylic oxidation sites excluding steroid dienone is 2. The molecule has 200 valence electrons. The van der Waals surface area contributed by atoms with Crippen molar-refractivity contribution in [3.05, 3.63) is 82.2 Å². The molecule has 2 N–H and O–H groups in total. The Bertz CT molecular complexity index is 1260. The number of nitrogens with one attached hydrogen (secondary N) is 1. The number of hydrogen-bond donors (Lipinski definition) is 2. The molecule has 2 aromatic carbocycles. The molecule has 1 fully saturated rings. The van der Waals surface area contributed by atoms with E-state index in [4.69, 9.17) is 21.4 Å². The summed E-state index contributed by atoms with van der Waals surface area (Å²) >= 11 is 6.21. The van der Waals surface area contributed by atoms with Crippen LogP contribution in [0.3, 0.4) is 0 Å². The Morgan fingerprint density at radius 2 is 1.84 bits per heavy atom. The number of amides is 1. The van der Waals surface area contributed by atoms with E-state index in [9.17, 15) is 19.2 Å². The number of methoxy groups -OCH3 is 1. The van der Waals surface area contributed by atoms with Crippen LogP contribution in [0, 0.1) is 5.92 Å². The second-order valence-electron chi connectivity index (χ2n) is 9.25. The predicted octanol–water partition coefficient (Wildman–Crippen LogP) is 5.44. The van der Waals surface area contributed by atoms with Crippen LogP contribution in [0.5, 0.6) is 0 Å². The zero-order valence-electron chi connectivity index (χ0n) is 21.6. The van der Waals surface area contributed by atoms with Crippen LogP contribution in [0.15, 0.2) is 60.5 Å². The van der Waals surface area contributed by atoms with Gasteiger partial charge in [0.2, 0.25) is 5.91 Å². The molecule has 0 bridgehead atoms. The van der Waals surface area contributed by atoms with E-state index in [1.54, 1.807) is 48.5 Å². The van der Waals surface area contributed by atoms with Crippen LogP contribution in [-0.2, 0) is 14.3 Å². The van der Waals surface area contributed by atoms with E-state index in [2.05, 4.69) is 5.32 Å². The molecule has 1 aliphatic rings. The lowest BCUT2D eigenvalue weighted by molar-refractivity contribution is -0.120. The minimum atomic E-state index is -1.05. The molecular weight excluding hydrogens is 508 g/mol. The number of aromatic carboxylic acids is 1. The number of rotatable bonds is 12. The minimum absolute atomic E-state index is 0.124. The highest BCUT2D eigenvalue weighted by Gasteiger charge is 2.29. The number of carboxylic acid groups (broad SMARTS) is 1. The van der Waals surface area contributed by atoms with Crippen molar-refractivity contribution in [2.45, 2.75) is 38.6 Å². The summed E-state index contributed by atoms with van der Waals surface area (Å²) in [5.74, 6) is -0.837. The molecule has 0 heterocycles. The number of nitrogens with zero attached hydrogens (tertiary/aromatic N) is 1. The minimum Gasteiger partial charge on any atom is -0.495 e. The molecule has 38 heavy (non-hydrogen) atoms. The first-order chi connectivity index (χ1) is 18.1. The van der Waals surface area contributed by atoms with Gasteiger partial charge in [-0.3, -0.25) is 14.4 Å². The van der Waals surface area contributed by atoms with Crippen LogP contribution in [0.2, 0.25) is 5.02 Å². The van der Waals surface area contributed by atoms with Crippen LogP contribution >= 0.6 is 11.6 Å². The number of halogens is 1. The van der Waals surface area contributed by atoms with E-state index >= 15 is 0 Å². The number of carboxylic acids is 1. The maximum atomic E-state index is 13.4. The number of carbonyl (C=O) groups excluding carboxylic acids is 3. The predicted molar refractivity (Wildman–Crippen MR) is 146 cm³/mol. The quantitative estimate of drug-likeness (QED) is 0.122. The Morgan fingerprint density at radius 3 is 2.37 bits per heavy atom. The number of hydrogen-bond acceptors (Lipinski definition) is 6. The summed E-state index contributed by atoms with van der Waals surface area (Å²) in [7, 11) is 3.19. The van der Waals surface area contributed by atoms with Crippen LogP contribution < -0.4 is 5.32 Å². The Kier molecular flexibility index (Phi) is 9.85. The van der Waals surface area contributed by atoms with Crippen molar-refractivity contribution in [3.63, 3.8) is 0 Å². The van der Waals surface area contributed by atoms with Gasteiger partial charge in [-0.05, 0) is 73.4 Å². The van der Waals surface area contributed by atoms with Crippen molar-refractivity contribution >= 4 is 46.8 Å². The number of ether oxygens (including phenoxy) is 1. The van der Waals surface area contributed by atoms with E-state index in [1.165, 1.54) is 32.2 Å². The fraction of sp³-hybridized carbons (Fsp3) is 0.310. The fourth-order valence-corrected chi connectivity index (χ4v) is 4.52. The van der Waals surface area contributed by atoms with E-state index < -0.39 is 12.0 Å². The lowest BCUT2D eigenvalue weighted by atomic mass is 9.80. The molecule has 0 spiro atoms. The average molecular weight is 539 g/mol. The van der Waals surface area contributed by atoms with Gasteiger partial charge >= 0.3 is 5.97 Å². The van der Waals surface area contributed by atoms with Gasteiger partial charge in [0.15, 0.2) is 5.78 Å². The van der Waals surface area contributed by atoms with Gasteiger partial charge in [-0.2, -0.15) is 0 Å². The molecular formula is C29H31ClN2O6. The molecule has 3 rings (SSSR count). The number of carbonyl (C=O) groups is 4. The van der Waals surface area contributed by atoms with Crippen molar-refractivity contribution in [2.24, 2.45) is 5.92 Å². The number of ketones is 1. The number of benzene rings is 2. The van der Waals surface area contributed by atoms with Gasteiger partial charge < -0.3 is 20.1 Å². The third-order valence-electron chi connectivity index (χ3n) is 6.67. The zero-order chi connectivity index (χ0) is 27.8. The Labute approximate surface area is 226 Å². The number of likely N-dealkylation sites (N-methyl/N-ethyl adjacent to an activating group) is 1. The monoisotopic (exact) mass is 538 g/mol. The third-order valence-corrected chi connectivity index (χ3v) is 6.90. The van der Waals surface area contributed by atoms with Crippen LogP contribution in [-0.4, -0.2) is 54.2 Å². The van der Waals surface area contributed by atoms with E-state index in [0.717, 1.165) is 19.3 Å². The lowest BCUT2D eigenvalue weighted by Gasteiger charge is -2.33. The van der Waals surface area contributed by atoms with Crippen LogP contribution in [0.4, 0.5) is 5.69 Å². The maximum Gasteiger partial charge on any atom is 0.335 e. The summed E-state index contributed by atoms with van der Waals surface area (Å²) in [6.07, 6.45) is 7.33.